The SMILES string of the molecule is C.CC(C)CC(C)C.CC(C)CCC(F)(F)C(F)(F)F.CC(C)CCC(F)(F)F.CC(C)CCCC(F)(F)F.CC(C)Cc1ccc(F)cc1.CCCC(C)C.CCCCC(C)C.Cc1cccc(CC(C)C)c1.Cc1cccc(CC(C)C)c1. The molecular formula is C73H130F12. The Balaban J connectivity index is -0.000000162. The van der Waals surface area contributed by atoms with Crippen LogP contribution in [0.2, 0.25) is 0 Å². The van der Waals surface area contributed by atoms with Crippen LogP contribution >= 0.6 is 0 Å². The third kappa shape index (κ3) is 82.9. The standard InChI is InChI=1S/2C11H16.C10H13F.C7H11F5.C7H13F3.2C7H16.C6H11F3.C6H14.CH4/c2*1-9(2)7-11-6-4-5-10(3)8-11;1-8(2)7-9-3-5-10(11)6-4-9;1-5(2)3-4-6(8,9)7(10,11)12;1-6(2)4-3-5-7(8,9)10;1-6(2)5-7(3)4;1-4-5-6-7(2)3;1-5(2)3-4-6(7,8)9;1-4-5-6(2)3;/h2*4-6,8-9H,7H2,1-3H3;3-6,8H,7H2,1-2H3;5H,3-4H2,1-2H3;6H,3-5H2,1-2H3;6-7H,5H2,1-4H3;7H,4-6H2,1-3H3;5H,3-4H2,1-2H3;6H,4-5H2,1-3H3;1H4. The van der Waals surface area contributed by atoms with Gasteiger partial charge >= 0.3 is 24.5 Å². The molecule has 0 saturated carbocycles. The Morgan fingerprint density at radius 2 is 0.671 bits per heavy atom. The molecule has 3 aromatic rings. The highest BCUT2D eigenvalue weighted by Crippen LogP contribution is 2.39. The van der Waals surface area contributed by atoms with E-state index in [-0.39, 0.29) is 44.3 Å². The van der Waals surface area contributed by atoms with E-state index in [4.69, 9.17) is 0 Å². The van der Waals surface area contributed by atoms with Crippen LogP contribution in [0, 0.1) is 78.8 Å². The predicted molar refractivity (Wildman–Crippen MR) is 349 cm³/mol. The number of hydrogen-bond donors (Lipinski definition) is 0. The summed E-state index contributed by atoms with van der Waals surface area (Å²) in [4.78, 5) is 0. The highest BCUT2D eigenvalue weighted by Gasteiger charge is 2.56. The smallest absolute Gasteiger partial charge is 0.207 e. The molecule has 12 heteroatoms. The van der Waals surface area contributed by atoms with E-state index in [9.17, 15) is 52.7 Å². The van der Waals surface area contributed by atoms with Gasteiger partial charge in [0.1, 0.15) is 5.82 Å². The molecule has 0 spiro atoms. The Hall–Kier alpha value is -3.18. The predicted octanol–water partition coefficient (Wildman–Crippen LogP) is 28.0. The fourth-order valence-corrected chi connectivity index (χ4v) is 7.62. The van der Waals surface area contributed by atoms with Crippen molar-refractivity contribution >= 4 is 0 Å². The van der Waals surface area contributed by atoms with Crippen molar-refractivity contribution in [2.75, 3.05) is 0 Å². The highest BCUT2D eigenvalue weighted by molar-refractivity contribution is 5.23. The molecule has 0 amide bonds. The fraction of sp³-hybridized carbons (Fsp3) is 0.753. The van der Waals surface area contributed by atoms with E-state index in [1.54, 1.807) is 27.7 Å². The summed E-state index contributed by atoms with van der Waals surface area (Å²) in [7, 11) is 0. The minimum absolute atomic E-state index is 0. The van der Waals surface area contributed by atoms with Crippen molar-refractivity contribution in [1.29, 1.82) is 0 Å². The van der Waals surface area contributed by atoms with Crippen LogP contribution in [-0.4, -0.2) is 24.5 Å². The lowest BCUT2D eigenvalue weighted by atomic mass is 10.0. The second-order valence-corrected chi connectivity index (χ2v) is 26.7. The molecule has 0 aliphatic rings. The topological polar surface area (TPSA) is 0 Å². The lowest BCUT2D eigenvalue weighted by molar-refractivity contribution is -0.285. The van der Waals surface area contributed by atoms with Gasteiger partial charge in [-0.2, -0.15) is 48.3 Å². The monoisotopic (exact) mass is 1230 g/mol. The molecule has 0 bridgehead atoms. The van der Waals surface area contributed by atoms with Crippen molar-refractivity contribution in [3.05, 3.63) is 106 Å². The van der Waals surface area contributed by atoms with Crippen LogP contribution in [0.5, 0.6) is 0 Å². The molecule has 3 aromatic carbocycles. The molecular weight excluding hydrogens is 1100 g/mol. The van der Waals surface area contributed by atoms with Crippen LogP contribution in [0.25, 0.3) is 0 Å². The van der Waals surface area contributed by atoms with Gasteiger partial charge in [-0.1, -0.05) is 270 Å². The molecule has 85 heavy (non-hydrogen) atoms. The Morgan fingerprint density at radius 1 is 0.341 bits per heavy atom. The number of rotatable bonds is 21. The zero-order valence-electron chi connectivity index (χ0n) is 57.6. The van der Waals surface area contributed by atoms with Crippen molar-refractivity contribution < 1.29 is 52.7 Å². The van der Waals surface area contributed by atoms with E-state index in [1.807, 2.05) is 26.0 Å². The number of hydrogen-bond acceptors (Lipinski definition) is 0. The molecule has 506 valence electrons. The molecule has 3 rings (SSSR count). The third-order valence-corrected chi connectivity index (χ3v) is 11.7. The summed E-state index contributed by atoms with van der Waals surface area (Å²) >= 11 is 0. The Labute approximate surface area is 517 Å². The Bertz CT molecular complexity index is 1790. The maximum Gasteiger partial charge on any atom is 0.453 e. The van der Waals surface area contributed by atoms with Gasteiger partial charge in [0.15, 0.2) is 0 Å². The molecule has 0 aromatic heterocycles. The summed E-state index contributed by atoms with van der Waals surface area (Å²) in [6.45, 7) is 50.8. The molecule has 0 atom stereocenters. The molecule has 0 fully saturated rings. The first-order valence-electron chi connectivity index (χ1n) is 31.6. The van der Waals surface area contributed by atoms with Crippen LogP contribution < -0.4 is 0 Å². The molecule has 0 radical (unpaired) electrons. The summed E-state index contributed by atoms with van der Waals surface area (Å²) in [5.74, 6) is 1.41. The lowest BCUT2D eigenvalue weighted by Gasteiger charge is -2.19. The first-order valence-corrected chi connectivity index (χ1v) is 31.6. The number of aryl methyl sites for hydroxylation is 2. The average Bonchev–Trinajstić information content (AvgIpc) is 3.32. The molecule has 0 unspecified atom stereocenters. The van der Waals surface area contributed by atoms with Crippen LogP contribution in [0.3, 0.4) is 0 Å². The van der Waals surface area contributed by atoms with E-state index >= 15 is 0 Å². The van der Waals surface area contributed by atoms with E-state index < -0.39 is 43.7 Å². The van der Waals surface area contributed by atoms with E-state index in [0.717, 1.165) is 41.9 Å². The largest absolute Gasteiger partial charge is 0.453 e. The maximum absolute atomic E-state index is 12.4. The normalized spacial score (nSPS) is 11.4. The van der Waals surface area contributed by atoms with Gasteiger partial charge in [-0.05, 0) is 147 Å². The minimum atomic E-state index is -5.40. The zero-order chi connectivity index (χ0) is 67.0. The van der Waals surface area contributed by atoms with Crippen molar-refractivity contribution in [2.24, 2.45) is 59.2 Å². The summed E-state index contributed by atoms with van der Waals surface area (Å²) < 4.78 is 140. The van der Waals surface area contributed by atoms with Crippen molar-refractivity contribution in [3.8, 4) is 0 Å². The maximum atomic E-state index is 12.4. The van der Waals surface area contributed by atoms with E-state index in [1.165, 1.54) is 91.3 Å². The zero-order valence-corrected chi connectivity index (χ0v) is 57.6. The quantitative estimate of drug-likeness (QED) is 0.0933. The van der Waals surface area contributed by atoms with Crippen LogP contribution in [0.1, 0.15) is 271 Å². The van der Waals surface area contributed by atoms with Crippen molar-refractivity contribution in [3.63, 3.8) is 0 Å². The van der Waals surface area contributed by atoms with Crippen LogP contribution in [0.15, 0.2) is 72.8 Å². The molecule has 0 aliphatic carbocycles. The first-order chi connectivity index (χ1) is 38.2. The van der Waals surface area contributed by atoms with Gasteiger partial charge in [0, 0.05) is 19.3 Å². The van der Waals surface area contributed by atoms with Crippen molar-refractivity contribution in [2.45, 2.75) is 301 Å². The summed E-state index contributed by atoms with van der Waals surface area (Å²) in [6, 6.07) is 24.2. The summed E-state index contributed by atoms with van der Waals surface area (Å²) in [5.41, 5.74) is 6.85. The highest BCUT2D eigenvalue weighted by atomic mass is 19.4. The van der Waals surface area contributed by atoms with Crippen LogP contribution in [0.4, 0.5) is 52.7 Å². The van der Waals surface area contributed by atoms with Crippen molar-refractivity contribution in [1.82, 2.24) is 0 Å². The third-order valence-electron chi connectivity index (χ3n) is 11.7. The number of halogens is 12. The Morgan fingerprint density at radius 3 is 0.894 bits per heavy atom. The molecule has 0 nitrogen and oxygen atoms in total. The number of benzene rings is 3. The number of alkyl halides is 11. The van der Waals surface area contributed by atoms with E-state index in [2.05, 4.69) is 173 Å². The molecule has 0 N–H and O–H groups in total. The van der Waals surface area contributed by atoms with Gasteiger partial charge in [-0.15, -0.1) is 0 Å². The average molecular weight is 1240 g/mol. The Kier molecular flexibility index (Phi) is 61.7. The van der Waals surface area contributed by atoms with Gasteiger partial charge in [0.25, 0.3) is 0 Å². The van der Waals surface area contributed by atoms with Gasteiger partial charge < -0.3 is 0 Å². The number of unbranched alkanes of at least 4 members (excludes halogenated alkanes) is 1. The van der Waals surface area contributed by atoms with E-state index in [0.29, 0.717) is 18.3 Å². The van der Waals surface area contributed by atoms with Gasteiger partial charge in [0.05, 0.1) is 0 Å². The lowest BCUT2D eigenvalue weighted by Crippen LogP contribution is -2.36. The fourth-order valence-electron chi connectivity index (χ4n) is 7.62. The second kappa shape index (κ2) is 54.9. The first kappa shape index (κ1) is 95.5. The van der Waals surface area contributed by atoms with Gasteiger partial charge in [-0.25, -0.2) is 4.39 Å². The van der Waals surface area contributed by atoms with Gasteiger partial charge in [0.2, 0.25) is 0 Å². The second-order valence-electron chi connectivity index (χ2n) is 26.7. The van der Waals surface area contributed by atoms with Crippen LogP contribution in [-0.2, 0) is 19.3 Å². The molecule has 0 aliphatic heterocycles. The molecule has 0 saturated heterocycles. The summed E-state index contributed by atoms with van der Waals surface area (Å²) in [5, 5.41) is 0. The summed E-state index contributed by atoms with van der Waals surface area (Å²) in [6.07, 6.45) is -3.05. The minimum Gasteiger partial charge on any atom is -0.207 e. The molecule has 0 heterocycles. The van der Waals surface area contributed by atoms with Gasteiger partial charge in [-0.3, -0.25) is 0 Å².